The fraction of sp³-hybridized carbons (Fsp3) is 0.875. The maximum absolute atomic E-state index is 4.40. The molecular formula is C8H15Br2N. The number of aliphatic imine (C=N–C) groups is 1. The van der Waals surface area contributed by atoms with E-state index in [1.807, 2.05) is 6.21 Å². The molecule has 0 bridgehead atoms. The lowest BCUT2D eigenvalue weighted by molar-refractivity contribution is 0.583. The predicted octanol–water partition coefficient (Wildman–Crippen LogP) is 3.40. The van der Waals surface area contributed by atoms with Gasteiger partial charge < -0.3 is 0 Å². The van der Waals surface area contributed by atoms with Gasteiger partial charge in [-0.2, -0.15) is 0 Å². The smallest absolute Gasteiger partial charge is 0.0672 e. The molecule has 3 heteroatoms. The van der Waals surface area contributed by atoms with Crippen LogP contribution in [0.4, 0.5) is 0 Å². The second-order valence-corrected chi connectivity index (χ2v) is 6.21. The van der Waals surface area contributed by atoms with Crippen molar-refractivity contribution in [3.8, 4) is 0 Å². The molecule has 0 spiro atoms. The summed E-state index contributed by atoms with van der Waals surface area (Å²) in [4.78, 5) is 4.40. The van der Waals surface area contributed by atoms with E-state index in [-0.39, 0.29) is 9.86 Å². The summed E-state index contributed by atoms with van der Waals surface area (Å²) in [6.07, 6.45) is 1.95. The molecule has 0 aliphatic carbocycles. The molecule has 0 heterocycles. The second-order valence-electron chi connectivity index (χ2n) is 3.84. The third-order valence-corrected chi connectivity index (χ3v) is 3.38. The van der Waals surface area contributed by atoms with Gasteiger partial charge in [-0.3, -0.25) is 4.99 Å². The SMILES string of the molecule is CC(Br)(C=NC(C)(C)C)CBr. The van der Waals surface area contributed by atoms with Crippen LogP contribution < -0.4 is 0 Å². The third-order valence-electron chi connectivity index (χ3n) is 0.982. The molecule has 0 rings (SSSR count). The van der Waals surface area contributed by atoms with Crippen molar-refractivity contribution in [2.45, 2.75) is 37.6 Å². The van der Waals surface area contributed by atoms with E-state index in [1.54, 1.807) is 0 Å². The van der Waals surface area contributed by atoms with Crippen molar-refractivity contribution in [2.75, 3.05) is 5.33 Å². The summed E-state index contributed by atoms with van der Waals surface area (Å²) >= 11 is 6.94. The van der Waals surface area contributed by atoms with Crippen LogP contribution >= 0.6 is 31.9 Å². The van der Waals surface area contributed by atoms with E-state index in [9.17, 15) is 0 Å². The largest absolute Gasteiger partial charge is 0.290 e. The zero-order valence-electron chi connectivity index (χ0n) is 7.49. The monoisotopic (exact) mass is 283 g/mol. The highest BCUT2D eigenvalue weighted by Crippen LogP contribution is 2.18. The van der Waals surface area contributed by atoms with E-state index in [0.29, 0.717) is 0 Å². The average Bonchev–Trinajstić information content (AvgIpc) is 1.83. The minimum absolute atomic E-state index is 0.0136. The molecule has 0 aliphatic rings. The van der Waals surface area contributed by atoms with Gasteiger partial charge in [0.05, 0.1) is 9.86 Å². The van der Waals surface area contributed by atoms with Crippen LogP contribution in [0.15, 0.2) is 4.99 Å². The molecule has 0 aromatic rings. The second kappa shape index (κ2) is 4.04. The van der Waals surface area contributed by atoms with Crippen LogP contribution in [0.3, 0.4) is 0 Å². The molecular weight excluding hydrogens is 270 g/mol. The first-order valence-electron chi connectivity index (χ1n) is 3.58. The van der Waals surface area contributed by atoms with Crippen molar-refractivity contribution >= 4 is 38.1 Å². The Hall–Kier alpha value is 0.630. The average molecular weight is 285 g/mol. The quantitative estimate of drug-likeness (QED) is 0.544. The Morgan fingerprint density at radius 2 is 1.73 bits per heavy atom. The minimum Gasteiger partial charge on any atom is -0.290 e. The number of rotatable bonds is 2. The van der Waals surface area contributed by atoms with Gasteiger partial charge in [-0.05, 0) is 27.7 Å². The maximum atomic E-state index is 4.40. The molecule has 11 heavy (non-hydrogen) atoms. The zero-order valence-corrected chi connectivity index (χ0v) is 10.7. The van der Waals surface area contributed by atoms with E-state index in [4.69, 9.17) is 0 Å². The first-order valence-corrected chi connectivity index (χ1v) is 5.49. The summed E-state index contributed by atoms with van der Waals surface area (Å²) in [5, 5.41) is 0.875. The highest BCUT2D eigenvalue weighted by molar-refractivity contribution is 9.12. The van der Waals surface area contributed by atoms with E-state index in [2.05, 4.69) is 64.5 Å². The standard InChI is InChI=1S/C8H15Br2N/c1-7(2,3)11-6-8(4,10)5-9/h6H,5H2,1-4H3. The zero-order chi connectivity index (χ0) is 9.12. The lowest BCUT2D eigenvalue weighted by atomic mass is 10.1. The highest BCUT2D eigenvalue weighted by atomic mass is 79.9. The van der Waals surface area contributed by atoms with Crippen LogP contribution in [0.1, 0.15) is 27.7 Å². The summed E-state index contributed by atoms with van der Waals surface area (Å²) in [7, 11) is 0. The maximum Gasteiger partial charge on any atom is 0.0672 e. The molecule has 0 N–H and O–H groups in total. The number of nitrogens with zero attached hydrogens (tertiary/aromatic N) is 1. The Labute approximate surface area is 85.9 Å². The number of alkyl halides is 2. The van der Waals surface area contributed by atoms with E-state index >= 15 is 0 Å². The number of hydrogen-bond acceptors (Lipinski definition) is 1. The van der Waals surface area contributed by atoms with Crippen LogP contribution in [0.5, 0.6) is 0 Å². The molecule has 1 unspecified atom stereocenters. The Morgan fingerprint density at radius 1 is 1.27 bits per heavy atom. The summed E-state index contributed by atoms with van der Waals surface area (Å²) in [6.45, 7) is 8.33. The lowest BCUT2D eigenvalue weighted by Gasteiger charge is -2.17. The van der Waals surface area contributed by atoms with Gasteiger partial charge in [-0.15, -0.1) is 0 Å². The number of halogens is 2. The molecule has 66 valence electrons. The molecule has 0 fully saturated rings. The Balaban J connectivity index is 4.13. The van der Waals surface area contributed by atoms with Crippen molar-refractivity contribution in [1.29, 1.82) is 0 Å². The molecule has 0 aromatic heterocycles. The molecule has 1 nitrogen and oxygen atoms in total. The van der Waals surface area contributed by atoms with Gasteiger partial charge in [0.15, 0.2) is 0 Å². The Bertz CT molecular complexity index is 145. The van der Waals surface area contributed by atoms with Crippen LogP contribution in [-0.2, 0) is 0 Å². The molecule has 0 aliphatic heterocycles. The first kappa shape index (κ1) is 11.6. The van der Waals surface area contributed by atoms with Gasteiger partial charge >= 0.3 is 0 Å². The summed E-state index contributed by atoms with van der Waals surface area (Å²) < 4.78 is -0.0136. The molecule has 0 saturated heterocycles. The van der Waals surface area contributed by atoms with Gasteiger partial charge in [-0.1, -0.05) is 31.9 Å². The molecule has 0 radical (unpaired) electrons. The van der Waals surface area contributed by atoms with Crippen molar-refractivity contribution in [3.63, 3.8) is 0 Å². The van der Waals surface area contributed by atoms with Gasteiger partial charge in [0, 0.05) is 11.5 Å². The molecule has 0 aromatic carbocycles. The summed E-state index contributed by atoms with van der Waals surface area (Å²) in [5.74, 6) is 0. The van der Waals surface area contributed by atoms with Crippen LogP contribution in [0, 0.1) is 0 Å². The van der Waals surface area contributed by atoms with Crippen molar-refractivity contribution < 1.29 is 0 Å². The predicted molar refractivity (Wildman–Crippen MR) is 59.4 cm³/mol. The summed E-state index contributed by atoms with van der Waals surface area (Å²) in [6, 6.07) is 0. The van der Waals surface area contributed by atoms with E-state index in [0.717, 1.165) is 5.33 Å². The van der Waals surface area contributed by atoms with Crippen molar-refractivity contribution in [3.05, 3.63) is 0 Å². The fourth-order valence-corrected chi connectivity index (χ4v) is 0.610. The van der Waals surface area contributed by atoms with Gasteiger partial charge in [0.1, 0.15) is 0 Å². The highest BCUT2D eigenvalue weighted by Gasteiger charge is 2.16. The van der Waals surface area contributed by atoms with Gasteiger partial charge in [0.25, 0.3) is 0 Å². The topological polar surface area (TPSA) is 12.4 Å². The van der Waals surface area contributed by atoms with E-state index < -0.39 is 0 Å². The Kier molecular flexibility index (Phi) is 4.27. The van der Waals surface area contributed by atoms with Gasteiger partial charge in [-0.25, -0.2) is 0 Å². The lowest BCUT2D eigenvalue weighted by Crippen LogP contribution is -2.22. The fourth-order valence-electron chi connectivity index (χ4n) is 0.363. The van der Waals surface area contributed by atoms with E-state index in [1.165, 1.54) is 0 Å². The van der Waals surface area contributed by atoms with Crippen LogP contribution in [-0.4, -0.2) is 21.4 Å². The molecule has 0 amide bonds. The van der Waals surface area contributed by atoms with Crippen molar-refractivity contribution in [2.24, 2.45) is 4.99 Å². The van der Waals surface area contributed by atoms with Crippen LogP contribution in [0.2, 0.25) is 0 Å². The number of hydrogen-bond donors (Lipinski definition) is 0. The normalized spacial score (nSPS) is 18.7. The molecule has 0 saturated carbocycles. The third kappa shape index (κ3) is 7.01. The minimum atomic E-state index is -0.0136. The van der Waals surface area contributed by atoms with Crippen LogP contribution in [0.25, 0.3) is 0 Å². The Morgan fingerprint density at radius 3 is 2.00 bits per heavy atom. The molecule has 1 atom stereocenters. The van der Waals surface area contributed by atoms with Gasteiger partial charge in [0.2, 0.25) is 0 Å². The first-order chi connectivity index (χ1) is 4.77. The summed E-state index contributed by atoms with van der Waals surface area (Å²) in [5.41, 5.74) is 0.0250. The van der Waals surface area contributed by atoms with Crippen molar-refractivity contribution in [1.82, 2.24) is 0 Å².